The molecule has 0 spiro atoms. The summed E-state index contributed by atoms with van der Waals surface area (Å²) >= 11 is 3.19. The van der Waals surface area contributed by atoms with E-state index >= 15 is 0 Å². The molecule has 64 valence electrons. The zero-order valence-corrected chi connectivity index (χ0v) is 8.42. The first-order valence-corrected chi connectivity index (χ1v) is 4.36. The van der Waals surface area contributed by atoms with Crippen LogP contribution in [-0.2, 0) is 0 Å². The minimum atomic E-state index is 0.947. The van der Waals surface area contributed by atoms with Crippen molar-refractivity contribution in [1.82, 2.24) is 0 Å². The van der Waals surface area contributed by atoms with E-state index in [1.807, 2.05) is 6.08 Å². The number of halogens is 1. The maximum absolute atomic E-state index is 5.26. The van der Waals surface area contributed by atoms with Crippen LogP contribution in [0.25, 0.3) is 0 Å². The molecule has 0 radical (unpaired) electrons. The third kappa shape index (κ3) is 3.39. The number of hydrogen-bond acceptors (Lipinski definition) is 1. The summed E-state index contributed by atoms with van der Waals surface area (Å²) in [5, 5.41) is 0. The lowest BCUT2D eigenvalue weighted by atomic mass is 10.1. The molecule has 0 aromatic rings. The van der Waals surface area contributed by atoms with E-state index in [-0.39, 0.29) is 0 Å². The summed E-state index contributed by atoms with van der Waals surface area (Å²) in [6.07, 6.45) is 8.60. The van der Waals surface area contributed by atoms with Gasteiger partial charge in [0.2, 0.25) is 0 Å². The Morgan fingerprint density at radius 3 is 1.92 bits per heavy atom. The molecule has 0 rings (SSSR count). The summed E-state index contributed by atoms with van der Waals surface area (Å²) in [5.74, 6) is 0. The molecule has 0 unspecified atom stereocenters. The Morgan fingerprint density at radius 2 is 1.58 bits per heavy atom. The van der Waals surface area contributed by atoms with Crippen LogP contribution in [0.3, 0.4) is 0 Å². The second kappa shape index (κ2) is 6.68. The van der Waals surface area contributed by atoms with E-state index in [1.165, 1.54) is 6.20 Å². The molecule has 12 heavy (non-hydrogen) atoms. The average molecular weight is 226 g/mol. The van der Waals surface area contributed by atoms with Crippen LogP contribution in [0.1, 0.15) is 0 Å². The van der Waals surface area contributed by atoms with Crippen molar-refractivity contribution in [2.75, 3.05) is 0 Å². The van der Waals surface area contributed by atoms with Gasteiger partial charge in [-0.05, 0) is 34.5 Å². The van der Waals surface area contributed by atoms with E-state index in [1.54, 1.807) is 23.2 Å². The van der Waals surface area contributed by atoms with E-state index in [0.717, 1.165) is 11.1 Å². The first kappa shape index (κ1) is 11.0. The molecule has 1 nitrogen and oxygen atoms in total. The lowest BCUT2D eigenvalue weighted by molar-refractivity contribution is 1.52. The molecule has 2 heteroatoms. The highest BCUT2D eigenvalue weighted by molar-refractivity contribution is 9.11. The SMILES string of the molecule is C=CC(/C=C/N)=C(C=C)\C=C\Br. The molecule has 0 aliphatic carbocycles. The van der Waals surface area contributed by atoms with Crippen molar-refractivity contribution >= 4 is 15.9 Å². The molecule has 0 fully saturated rings. The molecule has 0 aromatic heterocycles. The molecule has 0 aliphatic rings. The Hall–Kier alpha value is -1.02. The molecule has 0 atom stereocenters. The van der Waals surface area contributed by atoms with Crippen LogP contribution < -0.4 is 5.73 Å². The normalized spacial score (nSPS) is 13.4. The smallest absolute Gasteiger partial charge is 0.00562 e. The van der Waals surface area contributed by atoms with Crippen LogP contribution in [0, 0.1) is 0 Å². The molecular weight excluding hydrogens is 214 g/mol. The van der Waals surface area contributed by atoms with Gasteiger partial charge in [0.1, 0.15) is 0 Å². The minimum Gasteiger partial charge on any atom is -0.405 e. The van der Waals surface area contributed by atoms with E-state index in [4.69, 9.17) is 5.73 Å². The Bertz CT molecular complexity index is 221. The summed E-state index contributed by atoms with van der Waals surface area (Å²) in [7, 11) is 0. The predicted molar refractivity (Wildman–Crippen MR) is 58.8 cm³/mol. The van der Waals surface area contributed by atoms with Crippen molar-refractivity contribution in [3.8, 4) is 0 Å². The van der Waals surface area contributed by atoms with Crippen molar-refractivity contribution < 1.29 is 0 Å². The van der Waals surface area contributed by atoms with Crippen molar-refractivity contribution in [3.63, 3.8) is 0 Å². The highest BCUT2D eigenvalue weighted by Gasteiger charge is 1.91. The molecule has 0 heterocycles. The maximum Gasteiger partial charge on any atom is -0.00562 e. The zero-order chi connectivity index (χ0) is 9.40. The molecule has 0 aliphatic heterocycles. The Labute approximate surface area is 81.8 Å². The molecule has 0 bridgehead atoms. The van der Waals surface area contributed by atoms with Crippen LogP contribution in [0.15, 0.2) is 59.8 Å². The lowest BCUT2D eigenvalue weighted by Gasteiger charge is -1.97. The minimum absolute atomic E-state index is 0.947. The first-order chi connectivity index (χ1) is 5.79. The van der Waals surface area contributed by atoms with Gasteiger partial charge < -0.3 is 5.73 Å². The first-order valence-electron chi connectivity index (χ1n) is 3.44. The summed E-state index contributed by atoms with van der Waals surface area (Å²) in [5.41, 5.74) is 7.18. The van der Waals surface area contributed by atoms with Crippen molar-refractivity contribution in [2.45, 2.75) is 0 Å². The van der Waals surface area contributed by atoms with E-state index < -0.39 is 0 Å². The highest BCUT2D eigenvalue weighted by Crippen LogP contribution is 2.10. The van der Waals surface area contributed by atoms with E-state index in [9.17, 15) is 0 Å². The van der Waals surface area contributed by atoms with Crippen molar-refractivity contribution in [1.29, 1.82) is 0 Å². The topological polar surface area (TPSA) is 26.0 Å². The van der Waals surface area contributed by atoms with Crippen molar-refractivity contribution in [2.24, 2.45) is 5.73 Å². The third-order valence-corrected chi connectivity index (χ3v) is 1.56. The Morgan fingerprint density at radius 1 is 1.08 bits per heavy atom. The quantitative estimate of drug-likeness (QED) is 0.732. The van der Waals surface area contributed by atoms with Crippen LogP contribution in [0.5, 0.6) is 0 Å². The van der Waals surface area contributed by atoms with Gasteiger partial charge in [0.05, 0.1) is 0 Å². The summed E-state index contributed by atoms with van der Waals surface area (Å²) < 4.78 is 0. The fraction of sp³-hybridized carbons (Fsp3) is 0. The van der Waals surface area contributed by atoms with Gasteiger partial charge in [0, 0.05) is 0 Å². The van der Waals surface area contributed by atoms with E-state index in [0.29, 0.717) is 0 Å². The van der Waals surface area contributed by atoms with Crippen LogP contribution >= 0.6 is 15.9 Å². The van der Waals surface area contributed by atoms with Crippen LogP contribution in [-0.4, -0.2) is 0 Å². The lowest BCUT2D eigenvalue weighted by Crippen LogP contribution is -1.82. The molecule has 0 saturated carbocycles. The van der Waals surface area contributed by atoms with Gasteiger partial charge in [-0.25, -0.2) is 0 Å². The predicted octanol–water partition coefficient (Wildman–Crippen LogP) is 3.04. The fourth-order valence-electron chi connectivity index (χ4n) is 0.736. The molecule has 0 amide bonds. The van der Waals surface area contributed by atoms with Gasteiger partial charge in [0.25, 0.3) is 0 Å². The number of nitrogens with two attached hydrogens (primary N) is 1. The standard InChI is InChI=1S/C10H12BrN/c1-3-9(5-7-11)10(4-2)6-8-12/h3-8H,1-2,12H2/b7-5+,8-6+,10-9+. The summed E-state index contributed by atoms with van der Waals surface area (Å²) in [4.78, 5) is 1.76. The van der Waals surface area contributed by atoms with Crippen molar-refractivity contribution in [3.05, 3.63) is 59.8 Å². The van der Waals surface area contributed by atoms with Gasteiger partial charge in [-0.1, -0.05) is 41.2 Å². The summed E-state index contributed by atoms with van der Waals surface area (Å²) in [6.45, 7) is 7.35. The average Bonchev–Trinajstić information content (AvgIpc) is 2.11. The van der Waals surface area contributed by atoms with Gasteiger partial charge >= 0.3 is 0 Å². The largest absolute Gasteiger partial charge is 0.405 e. The number of hydrogen-bond donors (Lipinski definition) is 1. The Balaban J connectivity index is 4.98. The number of allylic oxidation sites excluding steroid dienone is 6. The van der Waals surface area contributed by atoms with Crippen LogP contribution in [0.2, 0.25) is 0 Å². The molecule has 2 N–H and O–H groups in total. The summed E-state index contributed by atoms with van der Waals surface area (Å²) in [6, 6.07) is 0. The molecular formula is C10H12BrN. The highest BCUT2D eigenvalue weighted by atomic mass is 79.9. The van der Waals surface area contributed by atoms with Gasteiger partial charge in [-0.2, -0.15) is 0 Å². The second-order valence-corrected chi connectivity index (χ2v) is 2.50. The third-order valence-electron chi connectivity index (χ3n) is 1.29. The number of rotatable bonds is 4. The molecule has 0 aromatic carbocycles. The van der Waals surface area contributed by atoms with Gasteiger partial charge in [-0.15, -0.1) is 0 Å². The maximum atomic E-state index is 5.26. The van der Waals surface area contributed by atoms with Gasteiger partial charge in [0.15, 0.2) is 0 Å². The van der Waals surface area contributed by atoms with Crippen LogP contribution in [0.4, 0.5) is 0 Å². The molecule has 0 saturated heterocycles. The Kier molecular flexibility index (Phi) is 6.11. The second-order valence-electron chi connectivity index (χ2n) is 1.97. The van der Waals surface area contributed by atoms with Gasteiger partial charge in [-0.3, -0.25) is 0 Å². The fourth-order valence-corrected chi connectivity index (χ4v) is 1.02. The van der Waals surface area contributed by atoms with E-state index in [2.05, 4.69) is 29.1 Å². The monoisotopic (exact) mass is 225 g/mol. The zero-order valence-electron chi connectivity index (χ0n) is 6.83.